The first-order valence-corrected chi connectivity index (χ1v) is 8.55. The Morgan fingerprint density at radius 1 is 1.00 bits per heavy atom. The zero-order valence-electron chi connectivity index (χ0n) is 14.7. The molecule has 1 amide bonds. The molecule has 136 valence electrons. The Bertz CT molecular complexity index is 1530. The number of carbonyl (C=O) groups excluding carboxylic acids is 2. The van der Waals surface area contributed by atoms with E-state index < -0.39 is 5.91 Å². The van der Waals surface area contributed by atoms with Crippen LogP contribution in [0, 0.1) is 0 Å². The highest BCUT2D eigenvalue weighted by Crippen LogP contribution is 2.34. The summed E-state index contributed by atoms with van der Waals surface area (Å²) in [6, 6.07) is 11.0. The maximum Gasteiger partial charge on any atom is 0.264 e. The third-order valence-corrected chi connectivity index (χ3v) is 5.12. The number of fused-ring (bicyclic) bond motifs is 4. The third kappa shape index (κ3) is 1.92. The fourth-order valence-electron chi connectivity index (χ4n) is 3.93. The van der Waals surface area contributed by atoms with E-state index in [1.54, 1.807) is 30.3 Å². The SMILES string of the molecule is CC(=O)c1ccc2c(=O)n3c4ccc(O)cc4nc3c3ccc(C(N)=O)c1c23. The van der Waals surface area contributed by atoms with Gasteiger partial charge in [0.1, 0.15) is 11.4 Å². The summed E-state index contributed by atoms with van der Waals surface area (Å²) in [7, 11) is 0. The van der Waals surface area contributed by atoms with Gasteiger partial charge in [-0.2, -0.15) is 0 Å². The lowest BCUT2D eigenvalue weighted by atomic mass is 9.92. The maximum absolute atomic E-state index is 13.3. The predicted molar refractivity (Wildman–Crippen MR) is 105 cm³/mol. The number of rotatable bonds is 2. The summed E-state index contributed by atoms with van der Waals surface area (Å²) in [6.07, 6.45) is 0. The summed E-state index contributed by atoms with van der Waals surface area (Å²) in [5.74, 6) is -0.869. The van der Waals surface area contributed by atoms with Crippen LogP contribution >= 0.6 is 0 Å². The number of hydrogen-bond acceptors (Lipinski definition) is 5. The Balaban J connectivity index is 2.15. The highest BCUT2D eigenvalue weighted by molar-refractivity contribution is 6.25. The number of pyridine rings is 1. The Morgan fingerprint density at radius 2 is 1.71 bits per heavy atom. The van der Waals surface area contributed by atoms with Gasteiger partial charge in [-0.3, -0.25) is 18.8 Å². The second-order valence-electron chi connectivity index (χ2n) is 6.74. The number of nitrogens with zero attached hydrogens (tertiary/aromatic N) is 2. The molecule has 7 heteroatoms. The number of Topliss-reactive ketones (excluding diaryl/α,β-unsaturated/α-hetero) is 1. The molecule has 0 spiro atoms. The van der Waals surface area contributed by atoms with Crippen LogP contribution in [0.3, 0.4) is 0 Å². The number of aromatic nitrogens is 2. The van der Waals surface area contributed by atoms with Crippen molar-refractivity contribution in [2.24, 2.45) is 5.73 Å². The average Bonchev–Trinajstić information content (AvgIpc) is 3.03. The van der Waals surface area contributed by atoms with Crippen molar-refractivity contribution in [3.8, 4) is 5.75 Å². The summed E-state index contributed by atoms with van der Waals surface area (Å²) in [4.78, 5) is 42.0. The van der Waals surface area contributed by atoms with Crippen molar-refractivity contribution < 1.29 is 14.7 Å². The molecule has 0 fully saturated rings. The van der Waals surface area contributed by atoms with Crippen LogP contribution in [0.4, 0.5) is 0 Å². The molecule has 0 atom stereocenters. The number of imidazole rings is 1. The van der Waals surface area contributed by atoms with Gasteiger partial charge in [-0.15, -0.1) is 0 Å². The predicted octanol–water partition coefficient (Wildman–Crippen LogP) is 2.60. The maximum atomic E-state index is 13.3. The monoisotopic (exact) mass is 371 g/mol. The second-order valence-corrected chi connectivity index (χ2v) is 6.74. The van der Waals surface area contributed by atoms with Crippen molar-refractivity contribution in [3.05, 3.63) is 63.9 Å². The van der Waals surface area contributed by atoms with E-state index >= 15 is 0 Å². The van der Waals surface area contributed by atoms with E-state index in [1.165, 1.54) is 23.5 Å². The van der Waals surface area contributed by atoms with Gasteiger partial charge in [0.05, 0.1) is 11.0 Å². The van der Waals surface area contributed by atoms with Crippen LogP contribution in [-0.2, 0) is 0 Å². The summed E-state index contributed by atoms with van der Waals surface area (Å²) >= 11 is 0. The van der Waals surface area contributed by atoms with Crippen LogP contribution < -0.4 is 11.3 Å². The fraction of sp³-hybridized carbons (Fsp3) is 0.0476. The van der Waals surface area contributed by atoms with Crippen LogP contribution in [0.25, 0.3) is 38.2 Å². The topological polar surface area (TPSA) is 115 Å². The van der Waals surface area contributed by atoms with Gasteiger partial charge in [-0.1, -0.05) is 0 Å². The van der Waals surface area contributed by atoms with Gasteiger partial charge in [0, 0.05) is 38.7 Å². The molecule has 0 saturated heterocycles. The Morgan fingerprint density at radius 3 is 2.43 bits per heavy atom. The molecule has 0 aliphatic heterocycles. The standard InChI is InChI=1S/C21H13N3O4/c1-9(25)11-3-6-14-18-13(5-4-12(17(11)18)19(22)27)20-23-15-8-10(26)2-7-16(15)24(20)21(14)28/h2-8,26H,1H3,(H2,22,27). The minimum atomic E-state index is -0.678. The molecule has 0 radical (unpaired) electrons. The molecular weight excluding hydrogens is 358 g/mol. The van der Waals surface area contributed by atoms with E-state index in [0.717, 1.165) is 0 Å². The molecule has 0 saturated carbocycles. The summed E-state index contributed by atoms with van der Waals surface area (Å²) in [5, 5.41) is 11.6. The van der Waals surface area contributed by atoms with E-state index in [9.17, 15) is 19.5 Å². The quantitative estimate of drug-likeness (QED) is 0.463. The van der Waals surface area contributed by atoms with Gasteiger partial charge < -0.3 is 10.8 Å². The van der Waals surface area contributed by atoms with Crippen LogP contribution in [0.5, 0.6) is 5.75 Å². The number of benzene rings is 3. The molecule has 0 aliphatic carbocycles. The Hall–Kier alpha value is -4.00. The fourth-order valence-corrected chi connectivity index (χ4v) is 3.93. The molecule has 0 unspecified atom stereocenters. The minimum Gasteiger partial charge on any atom is -0.508 e. The number of ketones is 1. The van der Waals surface area contributed by atoms with Crippen LogP contribution in [0.1, 0.15) is 27.6 Å². The zero-order chi connectivity index (χ0) is 19.7. The lowest BCUT2D eigenvalue weighted by Gasteiger charge is -2.12. The van der Waals surface area contributed by atoms with Crippen LogP contribution in [0.2, 0.25) is 0 Å². The van der Waals surface area contributed by atoms with Crippen molar-refractivity contribution in [3.63, 3.8) is 0 Å². The highest BCUT2D eigenvalue weighted by Gasteiger charge is 2.22. The first-order valence-electron chi connectivity index (χ1n) is 8.55. The van der Waals surface area contributed by atoms with Crippen molar-refractivity contribution in [2.75, 3.05) is 0 Å². The van der Waals surface area contributed by atoms with E-state index in [0.29, 0.717) is 43.8 Å². The van der Waals surface area contributed by atoms with E-state index in [4.69, 9.17) is 5.73 Å². The van der Waals surface area contributed by atoms with Gasteiger partial charge >= 0.3 is 0 Å². The molecule has 0 aliphatic rings. The van der Waals surface area contributed by atoms with Crippen molar-refractivity contribution in [1.29, 1.82) is 0 Å². The summed E-state index contributed by atoms with van der Waals surface area (Å²) in [6.45, 7) is 1.40. The molecule has 0 bridgehead atoms. The average molecular weight is 371 g/mol. The van der Waals surface area contributed by atoms with Gasteiger partial charge in [-0.05, 0) is 43.3 Å². The molecular formula is C21H13N3O4. The highest BCUT2D eigenvalue weighted by atomic mass is 16.3. The van der Waals surface area contributed by atoms with E-state index in [-0.39, 0.29) is 22.7 Å². The molecule has 2 aromatic heterocycles. The minimum absolute atomic E-state index is 0.0426. The lowest BCUT2D eigenvalue weighted by molar-refractivity contribution is 0.100. The largest absolute Gasteiger partial charge is 0.508 e. The number of phenols is 1. The van der Waals surface area contributed by atoms with Gasteiger partial charge in [0.2, 0.25) is 5.91 Å². The van der Waals surface area contributed by atoms with Crippen LogP contribution in [-0.4, -0.2) is 26.2 Å². The summed E-state index contributed by atoms with van der Waals surface area (Å²) in [5.41, 5.74) is 7.13. The molecule has 5 aromatic rings. The van der Waals surface area contributed by atoms with Gasteiger partial charge in [0.15, 0.2) is 5.78 Å². The van der Waals surface area contributed by atoms with Gasteiger partial charge in [0.25, 0.3) is 5.56 Å². The lowest BCUT2D eigenvalue weighted by Crippen LogP contribution is -2.17. The van der Waals surface area contributed by atoms with E-state index in [1.807, 2.05) is 0 Å². The van der Waals surface area contributed by atoms with E-state index in [2.05, 4.69) is 4.98 Å². The molecule has 3 N–H and O–H groups in total. The van der Waals surface area contributed by atoms with Crippen molar-refractivity contribution >= 4 is 49.9 Å². The molecule has 7 nitrogen and oxygen atoms in total. The number of nitrogens with two attached hydrogens (primary N) is 1. The Kier molecular flexibility index (Phi) is 3.04. The van der Waals surface area contributed by atoms with Crippen molar-refractivity contribution in [1.82, 2.24) is 9.38 Å². The second kappa shape index (κ2) is 5.26. The molecule has 2 heterocycles. The first-order chi connectivity index (χ1) is 13.4. The number of primary amides is 1. The molecule has 5 rings (SSSR count). The number of aromatic hydroxyl groups is 1. The number of phenolic OH excluding ortho intramolecular Hbond substituents is 1. The third-order valence-electron chi connectivity index (χ3n) is 5.12. The normalized spacial score (nSPS) is 11.8. The zero-order valence-corrected chi connectivity index (χ0v) is 14.7. The van der Waals surface area contributed by atoms with Crippen LogP contribution in [0.15, 0.2) is 47.3 Å². The Labute approximate surface area is 157 Å². The molecule has 3 aromatic carbocycles. The van der Waals surface area contributed by atoms with Gasteiger partial charge in [-0.25, -0.2) is 4.98 Å². The summed E-state index contributed by atoms with van der Waals surface area (Å²) < 4.78 is 1.48. The first kappa shape index (κ1) is 16.2. The number of hydrogen-bond donors (Lipinski definition) is 2. The number of carbonyl (C=O) groups is 2. The number of amides is 1. The van der Waals surface area contributed by atoms with Crippen molar-refractivity contribution in [2.45, 2.75) is 6.92 Å². The molecule has 28 heavy (non-hydrogen) atoms. The smallest absolute Gasteiger partial charge is 0.264 e.